The molecule has 0 nitrogen and oxygen atoms in total. The van der Waals surface area contributed by atoms with Crippen LogP contribution in [0.4, 0.5) is 0 Å². The van der Waals surface area contributed by atoms with Gasteiger partial charge in [-0.2, -0.15) is 0 Å². The number of hydrogen-bond donors (Lipinski definition) is 0. The van der Waals surface area contributed by atoms with E-state index in [-0.39, 0.29) is 0 Å². The van der Waals surface area contributed by atoms with Crippen LogP contribution in [0, 0.1) is 23.7 Å². The highest BCUT2D eigenvalue weighted by Gasteiger charge is 2.08. The molecule has 0 aromatic rings. The SMILES string of the molecule is CCCCCCC(C)CCCC(C)CCCC(C)CCCC(C)CCCC. The fourth-order valence-electron chi connectivity index (χ4n) is 4.49. The predicted molar refractivity (Wildman–Crippen MR) is 126 cm³/mol. The largest absolute Gasteiger partial charge is 0.0654 e. The average Bonchev–Trinajstić information content (AvgIpc) is 2.63. The van der Waals surface area contributed by atoms with Crippen LogP contribution in [0.3, 0.4) is 0 Å². The molecule has 0 aliphatic heterocycles. The molecule has 0 rings (SSSR count). The molecule has 0 saturated heterocycles. The molecule has 0 saturated carbocycles. The molecule has 0 radical (unpaired) electrons. The molecule has 0 heterocycles. The summed E-state index contributed by atoms with van der Waals surface area (Å²) in [5, 5.41) is 0. The highest BCUT2D eigenvalue weighted by atomic mass is 14.1. The van der Waals surface area contributed by atoms with Gasteiger partial charge in [-0.05, 0) is 23.7 Å². The third-order valence-electron chi connectivity index (χ3n) is 6.78. The van der Waals surface area contributed by atoms with Gasteiger partial charge in [0.25, 0.3) is 0 Å². The summed E-state index contributed by atoms with van der Waals surface area (Å²) in [5.41, 5.74) is 0. The molecule has 27 heavy (non-hydrogen) atoms. The van der Waals surface area contributed by atoms with Crippen molar-refractivity contribution in [2.45, 2.75) is 151 Å². The molecular weight excluding hydrogens is 324 g/mol. The van der Waals surface area contributed by atoms with Gasteiger partial charge in [-0.15, -0.1) is 0 Å². The van der Waals surface area contributed by atoms with Crippen LogP contribution in [-0.2, 0) is 0 Å². The van der Waals surface area contributed by atoms with Crippen molar-refractivity contribution in [2.75, 3.05) is 0 Å². The molecule has 4 unspecified atom stereocenters. The second-order valence-corrected chi connectivity index (χ2v) is 10.2. The van der Waals surface area contributed by atoms with Gasteiger partial charge in [0.2, 0.25) is 0 Å². The number of hydrogen-bond acceptors (Lipinski definition) is 0. The Morgan fingerprint density at radius 1 is 0.333 bits per heavy atom. The van der Waals surface area contributed by atoms with Crippen molar-refractivity contribution in [3.63, 3.8) is 0 Å². The summed E-state index contributed by atoms with van der Waals surface area (Å²) in [4.78, 5) is 0. The van der Waals surface area contributed by atoms with E-state index in [9.17, 15) is 0 Å². The van der Waals surface area contributed by atoms with Gasteiger partial charge >= 0.3 is 0 Å². The fraction of sp³-hybridized carbons (Fsp3) is 1.00. The van der Waals surface area contributed by atoms with Crippen LogP contribution in [0.15, 0.2) is 0 Å². The monoisotopic (exact) mass is 380 g/mol. The Morgan fingerprint density at radius 3 is 0.963 bits per heavy atom. The Bertz CT molecular complexity index is 282. The Hall–Kier alpha value is 0. The number of unbranched alkanes of at least 4 members (excludes halogenated alkanes) is 4. The maximum absolute atomic E-state index is 2.49. The molecule has 0 amide bonds. The highest BCUT2D eigenvalue weighted by molar-refractivity contribution is 4.62. The second kappa shape index (κ2) is 19.3. The van der Waals surface area contributed by atoms with Crippen molar-refractivity contribution in [3.8, 4) is 0 Å². The van der Waals surface area contributed by atoms with E-state index < -0.39 is 0 Å². The van der Waals surface area contributed by atoms with Crippen molar-refractivity contribution < 1.29 is 0 Å². The molecule has 0 aliphatic carbocycles. The Labute approximate surface area is 174 Å². The third kappa shape index (κ3) is 19.1. The van der Waals surface area contributed by atoms with E-state index in [0.717, 1.165) is 23.7 Å². The van der Waals surface area contributed by atoms with E-state index in [1.807, 2.05) is 0 Å². The quantitative estimate of drug-likeness (QED) is 0.184. The van der Waals surface area contributed by atoms with Crippen LogP contribution < -0.4 is 0 Å². The minimum atomic E-state index is 0.943. The van der Waals surface area contributed by atoms with Crippen molar-refractivity contribution in [1.82, 2.24) is 0 Å². The lowest BCUT2D eigenvalue weighted by molar-refractivity contribution is 0.366. The van der Waals surface area contributed by atoms with E-state index in [1.165, 1.54) is 109 Å². The standard InChI is InChI=1S/C27H56/c1-7-9-11-12-17-25(4)19-14-21-27(6)23-15-22-26(5)20-13-18-24(3)16-10-8-2/h24-27H,7-23H2,1-6H3. The molecule has 0 heteroatoms. The smallest absolute Gasteiger partial charge is 0.0443 e. The lowest BCUT2D eigenvalue weighted by Gasteiger charge is -2.17. The highest BCUT2D eigenvalue weighted by Crippen LogP contribution is 2.24. The van der Waals surface area contributed by atoms with Gasteiger partial charge in [-0.1, -0.05) is 151 Å². The Kier molecular flexibility index (Phi) is 19.3. The normalized spacial score (nSPS) is 16.2. The first-order valence-corrected chi connectivity index (χ1v) is 13.0. The molecule has 164 valence electrons. The first-order valence-electron chi connectivity index (χ1n) is 13.0. The van der Waals surface area contributed by atoms with E-state index in [2.05, 4.69) is 41.5 Å². The topological polar surface area (TPSA) is 0 Å². The zero-order chi connectivity index (χ0) is 20.3. The first-order chi connectivity index (χ1) is 13.0. The van der Waals surface area contributed by atoms with Crippen LogP contribution in [-0.4, -0.2) is 0 Å². The summed E-state index contributed by atoms with van der Waals surface area (Å²) >= 11 is 0. The molecule has 0 N–H and O–H groups in total. The van der Waals surface area contributed by atoms with Crippen LogP contribution in [0.2, 0.25) is 0 Å². The summed E-state index contributed by atoms with van der Waals surface area (Å²) in [6, 6.07) is 0. The van der Waals surface area contributed by atoms with Crippen molar-refractivity contribution in [1.29, 1.82) is 0 Å². The van der Waals surface area contributed by atoms with Crippen molar-refractivity contribution >= 4 is 0 Å². The van der Waals surface area contributed by atoms with Gasteiger partial charge in [0.15, 0.2) is 0 Å². The van der Waals surface area contributed by atoms with Crippen LogP contribution in [0.1, 0.15) is 151 Å². The predicted octanol–water partition coefficient (Wildman–Crippen LogP) is 10.2. The maximum atomic E-state index is 2.49. The Morgan fingerprint density at radius 2 is 0.630 bits per heavy atom. The first kappa shape index (κ1) is 27.0. The lowest BCUT2D eigenvalue weighted by Crippen LogP contribution is -2.02. The summed E-state index contributed by atoms with van der Waals surface area (Å²) in [5.74, 6) is 3.79. The molecule has 0 spiro atoms. The molecule has 0 aliphatic rings. The molecule has 0 aromatic heterocycles. The van der Waals surface area contributed by atoms with Gasteiger partial charge in [0, 0.05) is 0 Å². The minimum Gasteiger partial charge on any atom is -0.0654 e. The molecule has 0 aromatic carbocycles. The molecular formula is C27H56. The molecule has 0 bridgehead atoms. The van der Waals surface area contributed by atoms with E-state index >= 15 is 0 Å². The summed E-state index contributed by atoms with van der Waals surface area (Å²) in [6.45, 7) is 14.5. The van der Waals surface area contributed by atoms with Crippen LogP contribution >= 0.6 is 0 Å². The maximum Gasteiger partial charge on any atom is -0.0443 e. The molecule has 0 fully saturated rings. The van der Waals surface area contributed by atoms with Gasteiger partial charge in [-0.25, -0.2) is 0 Å². The minimum absolute atomic E-state index is 0.943. The van der Waals surface area contributed by atoms with Crippen molar-refractivity contribution in [3.05, 3.63) is 0 Å². The fourth-order valence-corrected chi connectivity index (χ4v) is 4.49. The van der Waals surface area contributed by atoms with Gasteiger partial charge in [0.05, 0.1) is 0 Å². The van der Waals surface area contributed by atoms with Crippen molar-refractivity contribution in [2.24, 2.45) is 23.7 Å². The summed E-state index contributed by atoms with van der Waals surface area (Å²) in [6.07, 6.45) is 24.5. The van der Waals surface area contributed by atoms with E-state index in [0.29, 0.717) is 0 Å². The zero-order valence-electron chi connectivity index (χ0n) is 20.3. The molecule has 4 atom stereocenters. The third-order valence-corrected chi connectivity index (χ3v) is 6.78. The van der Waals surface area contributed by atoms with Gasteiger partial charge in [-0.3, -0.25) is 0 Å². The van der Waals surface area contributed by atoms with E-state index in [4.69, 9.17) is 0 Å². The van der Waals surface area contributed by atoms with Gasteiger partial charge < -0.3 is 0 Å². The second-order valence-electron chi connectivity index (χ2n) is 10.2. The van der Waals surface area contributed by atoms with Gasteiger partial charge in [0.1, 0.15) is 0 Å². The number of rotatable bonds is 20. The lowest BCUT2D eigenvalue weighted by atomic mass is 9.90. The van der Waals surface area contributed by atoms with E-state index in [1.54, 1.807) is 0 Å². The van der Waals surface area contributed by atoms with Crippen LogP contribution in [0.25, 0.3) is 0 Å². The summed E-state index contributed by atoms with van der Waals surface area (Å²) in [7, 11) is 0. The summed E-state index contributed by atoms with van der Waals surface area (Å²) < 4.78 is 0. The zero-order valence-corrected chi connectivity index (χ0v) is 20.3. The average molecular weight is 381 g/mol. The Balaban J connectivity index is 3.52. The van der Waals surface area contributed by atoms with Crippen LogP contribution in [0.5, 0.6) is 0 Å².